The Morgan fingerprint density at radius 2 is 1.56 bits per heavy atom. The predicted octanol–water partition coefficient (Wildman–Crippen LogP) is 5.23. The normalized spacial score (nSPS) is 12.2. The molecule has 2 amide bonds. The van der Waals surface area contributed by atoms with E-state index in [-0.39, 0.29) is 24.9 Å². The quantitative estimate of drug-likeness (QED) is 0.331. The number of halogens is 2. The van der Waals surface area contributed by atoms with Crippen LogP contribution >= 0.6 is 23.2 Å². The molecule has 3 aromatic carbocycles. The molecule has 1 unspecified atom stereocenters. The van der Waals surface area contributed by atoms with Gasteiger partial charge in [-0.3, -0.25) is 13.9 Å². The molecule has 0 aliphatic rings. The zero-order valence-electron chi connectivity index (χ0n) is 22.4. The van der Waals surface area contributed by atoms with E-state index in [2.05, 4.69) is 5.32 Å². The van der Waals surface area contributed by atoms with Gasteiger partial charge in [-0.2, -0.15) is 0 Å². The Morgan fingerprint density at radius 3 is 2.18 bits per heavy atom. The maximum atomic E-state index is 14.1. The zero-order valence-corrected chi connectivity index (χ0v) is 24.7. The van der Waals surface area contributed by atoms with Crippen molar-refractivity contribution >= 4 is 50.7 Å². The van der Waals surface area contributed by atoms with Crippen LogP contribution in [0.1, 0.15) is 30.5 Å². The van der Waals surface area contributed by atoms with Crippen LogP contribution < -0.4 is 9.62 Å². The number of hydrogen-bond donors (Lipinski definition) is 1. The number of amides is 2. The molecule has 39 heavy (non-hydrogen) atoms. The van der Waals surface area contributed by atoms with E-state index in [1.807, 2.05) is 50.2 Å². The second-order valence-electron chi connectivity index (χ2n) is 9.67. The molecule has 0 fully saturated rings. The minimum Gasteiger partial charge on any atom is -0.352 e. The first-order valence-corrected chi connectivity index (χ1v) is 15.1. The molecule has 0 bridgehead atoms. The van der Waals surface area contributed by atoms with Crippen molar-refractivity contribution in [1.29, 1.82) is 0 Å². The molecule has 0 aliphatic heterocycles. The molecule has 1 N–H and O–H groups in total. The largest absolute Gasteiger partial charge is 0.352 e. The fraction of sp³-hybridized carbons (Fsp3) is 0.310. The highest BCUT2D eigenvalue weighted by atomic mass is 35.5. The minimum atomic E-state index is -3.88. The highest BCUT2D eigenvalue weighted by Gasteiger charge is 2.33. The van der Waals surface area contributed by atoms with Crippen LogP contribution in [-0.4, -0.2) is 50.0 Å². The van der Waals surface area contributed by atoms with Crippen LogP contribution in [0.15, 0.2) is 72.8 Å². The van der Waals surface area contributed by atoms with Gasteiger partial charge in [-0.25, -0.2) is 8.42 Å². The van der Waals surface area contributed by atoms with Gasteiger partial charge in [0.1, 0.15) is 12.6 Å². The van der Waals surface area contributed by atoms with Gasteiger partial charge in [0.25, 0.3) is 0 Å². The van der Waals surface area contributed by atoms with E-state index in [0.29, 0.717) is 26.9 Å². The van der Waals surface area contributed by atoms with Crippen LogP contribution in [0.2, 0.25) is 10.0 Å². The van der Waals surface area contributed by atoms with Gasteiger partial charge in [0.15, 0.2) is 0 Å². The van der Waals surface area contributed by atoms with Crippen molar-refractivity contribution in [2.75, 3.05) is 17.1 Å². The van der Waals surface area contributed by atoms with Crippen LogP contribution in [0.25, 0.3) is 0 Å². The molecular weight excluding hydrogens is 557 g/mol. The Labute approximate surface area is 240 Å². The number of anilines is 1. The zero-order chi connectivity index (χ0) is 28.7. The monoisotopic (exact) mass is 589 g/mol. The lowest BCUT2D eigenvalue weighted by Crippen LogP contribution is -2.54. The molecule has 0 saturated heterocycles. The molecule has 0 saturated carbocycles. The molecule has 7 nitrogen and oxygen atoms in total. The molecular formula is C29H33Cl2N3O4S. The van der Waals surface area contributed by atoms with Crippen molar-refractivity contribution in [2.24, 2.45) is 0 Å². The number of rotatable bonds is 11. The van der Waals surface area contributed by atoms with Gasteiger partial charge >= 0.3 is 0 Å². The van der Waals surface area contributed by atoms with E-state index in [0.717, 1.165) is 16.1 Å². The van der Waals surface area contributed by atoms with Crippen molar-refractivity contribution in [2.45, 2.75) is 45.8 Å². The molecule has 3 rings (SSSR count). The van der Waals surface area contributed by atoms with Gasteiger partial charge in [0.05, 0.1) is 11.9 Å². The lowest BCUT2D eigenvalue weighted by Gasteiger charge is -2.34. The third-order valence-corrected chi connectivity index (χ3v) is 7.90. The molecule has 208 valence electrons. The molecule has 0 heterocycles. The molecule has 0 aromatic heterocycles. The summed E-state index contributed by atoms with van der Waals surface area (Å²) in [5.74, 6) is -0.881. The third-order valence-electron chi connectivity index (χ3n) is 6.13. The second-order valence-corrected chi connectivity index (χ2v) is 12.4. The fourth-order valence-corrected chi connectivity index (χ4v) is 5.51. The Balaban J connectivity index is 2.08. The summed E-state index contributed by atoms with van der Waals surface area (Å²) in [6.07, 6.45) is 1.27. The number of carbonyl (C=O) groups is 2. The molecule has 10 heteroatoms. The van der Waals surface area contributed by atoms with E-state index < -0.39 is 28.5 Å². The molecule has 0 aliphatic carbocycles. The van der Waals surface area contributed by atoms with Crippen molar-refractivity contribution in [3.05, 3.63) is 99.5 Å². The molecule has 0 radical (unpaired) electrons. The van der Waals surface area contributed by atoms with Gasteiger partial charge in [-0.15, -0.1) is 0 Å². The van der Waals surface area contributed by atoms with Crippen molar-refractivity contribution < 1.29 is 18.0 Å². The van der Waals surface area contributed by atoms with E-state index in [4.69, 9.17) is 23.2 Å². The first-order chi connectivity index (χ1) is 18.4. The van der Waals surface area contributed by atoms with Gasteiger partial charge in [0, 0.05) is 29.1 Å². The Bertz CT molecular complexity index is 1420. The summed E-state index contributed by atoms with van der Waals surface area (Å²) in [5, 5.41) is 3.78. The smallest absolute Gasteiger partial charge is 0.244 e. The van der Waals surface area contributed by atoms with Crippen molar-refractivity contribution in [3.63, 3.8) is 0 Å². The summed E-state index contributed by atoms with van der Waals surface area (Å²) in [7, 11) is -3.88. The average molecular weight is 591 g/mol. The minimum absolute atomic E-state index is 0.0501. The standard InChI is InChI=1S/C29H33Cl2N3O4S/c1-20(2)32-29(36)27(17-22-10-6-5-7-11-22)33(18-23-12-8-13-24(30)16-23)28(35)19-34(39(4,37)38)26-15-9-14-25(31)21(26)3/h5-16,20,27H,17-19H2,1-4H3,(H,32,36). The second kappa shape index (κ2) is 13.3. The van der Waals surface area contributed by atoms with Crippen LogP contribution in [0, 0.1) is 6.92 Å². The van der Waals surface area contributed by atoms with Gasteiger partial charge in [-0.05, 0) is 61.7 Å². The number of nitrogens with one attached hydrogen (secondary N) is 1. The van der Waals surface area contributed by atoms with E-state index >= 15 is 0 Å². The summed E-state index contributed by atoms with van der Waals surface area (Å²) < 4.78 is 26.9. The highest BCUT2D eigenvalue weighted by molar-refractivity contribution is 7.92. The number of hydrogen-bond acceptors (Lipinski definition) is 4. The topological polar surface area (TPSA) is 86.8 Å². The van der Waals surface area contributed by atoms with Crippen molar-refractivity contribution in [1.82, 2.24) is 10.2 Å². The van der Waals surface area contributed by atoms with Crippen LogP contribution in [-0.2, 0) is 32.6 Å². The van der Waals surface area contributed by atoms with Crippen molar-refractivity contribution in [3.8, 4) is 0 Å². The van der Waals surface area contributed by atoms with Crippen LogP contribution in [0.3, 0.4) is 0 Å². The molecule has 3 aromatic rings. The lowest BCUT2D eigenvalue weighted by molar-refractivity contribution is -0.140. The number of carbonyl (C=O) groups excluding carboxylic acids is 2. The Morgan fingerprint density at radius 1 is 0.923 bits per heavy atom. The summed E-state index contributed by atoms with van der Waals surface area (Å²) in [6, 6.07) is 20.2. The first-order valence-electron chi connectivity index (χ1n) is 12.5. The number of sulfonamides is 1. The molecule has 1 atom stereocenters. The Hall–Kier alpha value is -3.07. The average Bonchev–Trinajstić information content (AvgIpc) is 2.86. The summed E-state index contributed by atoms with van der Waals surface area (Å²) in [6.45, 7) is 4.91. The Kier molecular flexibility index (Phi) is 10.4. The lowest BCUT2D eigenvalue weighted by atomic mass is 10.0. The summed E-state index contributed by atoms with van der Waals surface area (Å²) >= 11 is 12.5. The van der Waals surface area contributed by atoms with E-state index in [1.54, 1.807) is 43.3 Å². The van der Waals surface area contributed by atoms with Gasteiger partial charge < -0.3 is 10.2 Å². The number of benzene rings is 3. The highest BCUT2D eigenvalue weighted by Crippen LogP contribution is 2.29. The summed E-state index contributed by atoms with van der Waals surface area (Å²) in [5.41, 5.74) is 2.39. The number of nitrogens with zero attached hydrogens (tertiary/aromatic N) is 2. The maximum Gasteiger partial charge on any atom is 0.244 e. The maximum absolute atomic E-state index is 14.1. The predicted molar refractivity (Wildman–Crippen MR) is 158 cm³/mol. The first kappa shape index (κ1) is 30.5. The van der Waals surface area contributed by atoms with Gasteiger partial charge in [0.2, 0.25) is 21.8 Å². The molecule has 0 spiro atoms. The van der Waals surface area contributed by atoms with Gasteiger partial charge in [-0.1, -0.05) is 71.7 Å². The van der Waals surface area contributed by atoms with E-state index in [1.165, 1.54) is 4.90 Å². The fourth-order valence-electron chi connectivity index (χ4n) is 4.23. The van der Waals surface area contributed by atoms with E-state index in [9.17, 15) is 18.0 Å². The third kappa shape index (κ3) is 8.46. The van der Waals surface area contributed by atoms with Crippen LogP contribution in [0.4, 0.5) is 5.69 Å². The van der Waals surface area contributed by atoms with Crippen LogP contribution in [0.5, 0.6) is 0 Å². The summed E-state index contributed by atoms with van der Waals surface area (Å²) in [4.78, 5) is 29.0. The SMILES string of the molecule is Cc1c(Cl)cccc1N(CC(=O)N(Cc1cccc(Cl)c1)C(Cc1ccccc1)C(=O)NC(C)C)S(C)(=O)=O.